The van der Waals surface area contributed by atoms with Crippen LogP contribution in [0.5, 0.6) is 0 Å². The third-order valence-corrected chi connectivity index (χ3v) is 2.53. The van der Waals surface area contributed by atoms with E-state index in [9.17, 15) is 19.3 Å². The average molecular weight is 296 g/mol. The first-order valence-corrected chi connectivity index (χ1v) is 5.02. The van der Waals surface area contributed by atoms with Crippen molar-refractivity contribution in [2.45, 2.75) is 0 Å². The van der Waals surface area contributed by atoms with Gasteiger partial charge in [-0.15, -0.1) is 11.6 Å². The number of nitro groups is 1. The molecule has 1 aromatic rings. The fourth-order valence-corrected chi connectivity index (χ4v) is 1.57. The molecule has 0 atom stereocenters. The Morgan fingerprint density at radius 3 is 2.67 bits per heavy atom. The highest BCUT2D eigenvalue weighted by molar-refractivity contribution is 9.10. The molecule has 0 bridgehead atoms. The molecule has 80 valence electrons. The summed E-state index contributed by atoms with van der Waals surface area (Å²) < 4.78 is 13.2. The number of nitrogens with zero attached hydrogens (tertiary/aromatic N) is 1. The van der Waals surface area contributed by atoms with E-state index in [0.717, 1.165) is 12.1 Å². The fourth-order valence-electron chi connectivity index (χ4n) is 0.963. The molecule has 0 spiro atoms. The van der Waals surface area contributed by atoms with Gasteiger partial charge in [-0.3, -0.25) is 14.9 Å². The Hall–Kier alpha value is -1.01. The molecule has 0 aliphatic carbocycles. The van der Waals surface area contributed by atoms with Gasteiger partial charge < -0.3 is 0 Å². The summed E-state index contributed by atoms with van der Waals surface area (Å²) in [6, 6.07) is 1.74. The fraction of sp³-hybridized carbons (Fsp3) is 0.125. The summed E-state index contributed by atoms with van der Waals surface area (Å²) in [6.45, 7) is 0. The lowest BCUT2D eigenvalue weighted by Gasteiger charge is -2.01. The quantitative estimate of drug-likeness (QED) is 0.373. The minimum atomic E-state index is -0.835. The summed E-state index contributed by atoms with van der Waals surface area (Å²) in [5, 5.41) is 10.5. The van der Waals surface area contributed by atoms with Gasteiger partial charge in [0.1, 0.15) is 5.82 Å². The Balaban J connectivity index is 3.36. The van der Waals surface area contributed by atoms with Gasteiger partial charge in [0, 0.05) is 6.07 Å². The molecule has 0 aromatic heterocycles. The lowest BCUT2D eigenvalue weighted by molar-refractivity contribution is -0.385. The minimum absolute atomic E-state index is 0.0175. The number of Topliss-reactive ketones (excluding diaryl/α,β-unsaturated/α-hetero) is 1. The molecule has 1 rings (SSSR count). The highest BCUT2D eigenvalue weighted by atomic mass is 79.9. The van der Waals surface area contributed by atoms with Crippen LogP contribution >= 0.6 is 27.5 Å². The van der Waals surface area contributed by atoms with Crippen LogP contribution in [0.2, 0.25) is 0 Å². The van der Waals surface area contributed by atoms with Crippen molar-refractivity contribution in [1.29, 1.82) is 0 Å². The summed E-state index contributed by atoms with van der Waals surface area (Å²) >= 11 is 8.06. The van der Waals surface area contributed by atoms with Crippen LogP contribution < -0.4 is 0 Å². The number of nitro benzene ring substituents is 1. The molecule has 0 unspecified atom stereocenters. The zero-order valence-corrected chi connectivity index (χ0v) is 9.51. The van der Waals surface area contributed by atoms with Crippen LogP contribution in [0.3, 0.4) is 0 Å². The largest absolute Gasteiger partial charge is 0.293 e. The zero-order valence-electron chi connectivity index (χ0n) is 7.17. The molecule has 0 heterocycles. The second-order valence-electron chi connectivity index (χ2n) is 2.60. The lowest BCUT2D eigenvalue weighted by atomic mass is 10.1. The lowest BCUT2D eigenvalue weighted by Crippen LogP contribution is -2.05. The van der Waals surface area contributed by atoms with Crippen LogP contribution in [0.4, 0.5) is 10.1 Å². The standard InChI is InChI=1S/C8H4BrClFNO3/c9-5-2-6(11)4(8(13)3-10)1-7(5)12(14)15/h1-2H,3H2. The van der Waals surface area contributed by atoms with Gasteiger partial charge in [-0.05, 0) is 22.0 Å². The SMILES string of the molecule is O=C(CCl)c1cc([N+](=O)[O-])c(Br)cc1F. The maximum atomic E-state index is 13.2. The summed E-state index contributed by atoms with van der Waals surface area (Å²) in [6.07, 6.45) is 0. The number of hydrogen-bond donors (Lipinski definition) is 0. The summed E-state index contributed by atoms with van der Waals surface area (Å²) in [7, 11) is 0. The smallest absolute Gasteiger partial charge is 0.284 e. The van der Waals surface area contributed by atoms with E-state index in [-0.39, 0.29) is 15.7 Å². The molecule has 4 nitrogen and oxygen atoms in total. The van der Waals surface area contributed by atoms with Gasteiger partial charge in [-0.2, -0.15) is 0 Å². The van der Waals surface area contributed by atoms with Crippen LogP contribution in [0.1, 0.15) is 10.4 Å². The second kappa shape index (κ2) is 4.67. The summed E-state index contributed by atoms with van der Waals surface area (Å²) in [5.74, 6) is -1.95. The molecule has 1 aromatic carbocycles. The van der Waals surface area contributed by atoms with Crippen molar-refractivity contribution in [3.8, 4) is 0 Å². The first-order valence-electron chi connectivity index (χ1n) is 3.70. The first kappa shape index (κ1) is 12.1. The molecule has 0 aliphatic rings. The van der Waals surface area contributed by atoms with Crippen molar-refractivity contribution in [3.05, 3.63) is 38.1 Å². The van der Waals surface area contributed by atoms with Gasteiger partial charge >= 0.3 is 0 Å². The van der Waals surface area contributed by atoms with Crippen molar-refractivity contribution in [3.63, 3.8) is 0 Å². The molecule has 0 radical (unpaired) electrons. The first-order chi connectivity index (χ1) is 6.97. The maximum absolute atomic E-state index is 13.2. The summed E-state index contributed by atoms with van der Waals surface area (Å²) in [5.41, 5.74) is -0.746. The van der Waals surface area contributed by atoms with Crippen molar-refractivity contribution in [2.75, 3.05) is 5.88 Å². The third-order valence-electron chi connectivity index (χ3n) is 1.65. The Labute approximate surface area is 97.3 Å². The topological polar surface area (TPSA) is 60.2 Å². The van der Waals surface area contributed by atoms with Gasteiger partial charge in [0.05, 0.1) is 20.8 Å². The third kappa shape index (κ3) is 2.51. The van der Waals surface area contributed by atoms with Gasteiger partial charge in [0.15, 0.2) is 5.78 Å². The van der Waals surface area contributed by atoms with Crippen molar-refractivity contribution in [2.24, 2.45) is 0 Å². The van der Waals surface area contributed by atoms with E-state index in [0.29, 0.717) is 0 Å². The normalized spacial score (nSPS) is 10.1. The van der Waals surface area contributed by atoms with E-state index in [2.05, 4.69) is 15.9 Å². The summed E-state index contributed by atoms with van der Waals surface area (Å²) in [4.78, 5) is 20.9. The van der Waals surface area contributed by atoms with Crippen molar-refractivity contribution in [1.82, 2.24) is 0 Å². The van der Waals surface area contributed by atoms with Crippen molar-refractivity contribution < 1.29 is 14.1 Å². The Kier molecular flexibility index (Phi) is 3.76. The molecule has 7 heteroatoms. The van der Waals surface area contributed by atoms with E-state index >= 15 is 0 Å². The molecule has 0 amide bonds. The maximum Gasteiger partial charge on any atom is 0.284 e. The number of hydrogen-bond acceptors (Lipinski definition) is 3. The van der Waals surface area contributed by atoms with Crippen LogP contribution in [0, 0.1) is 15.9 Å². The molecule has 15 heavy (non-hydrogen) atoms. The zero-order chi connectivity index (χ0) is 11.6. The van der Waals surface area contributed by atoms with Gasteiger partial charge in [0.25, 0.3) is 5.69 Å². The Morgan fingerprint density at radius 1 is 1.60 bits per heavy atom. The van der Waals surface area contributed by atoms with Crippen LogP contribution in [-0.4, -0.2) is 16.6 Å². The molecule has 0 saturated heterocycles. The molecular formula is C8H4BrClFNO3. The Morgan fingerprint density at radius 2 is 2.20 bits per heavy atom. The molecule has 0 saturated carbocycles. The Bertz CT molecular complexity index is 438. The number of carbonyl (C=O) groups excluding carboxylic acids is 1. The van der Waals surface area contributed by atoms with Crippen molar-refractivity contribution >= 4 is 39.0 Å². The number of benzene rings is 1. The number of ketones is 1. The van der Waals surface area contributed by atoms with E-state index in [4.69, 9.17) is 11.6 Å². The predicted molar refractivity (Wildman–Crippen MR) is 55.8 cm³/mol. The minimum Gasteiger partial charge on any atom is -0.293 e. The molecule has 0 aliphatic heterocycles. The van der Waals surface area contributed by atoms with E-state index in [1.165, 1.54) is 0 Å². The second-order valence-corrected chi connectivity index (χ2v) is 3.72. The van der Waals surface area contributed by atoms with E-state index < -0.39 is 22.4 Å². The number of alkyl halides is 1. The monoisotopic (exact) mass is 295 g/mol. The van der Waals surface area contributed by atoms with Gasteiger partial charge in [0.2, 0.25) is 0 Å². The number of halogens is 3. The molecular weight excluding hydrogens is 292 g/mol. The van der Waals surface area contributed by atoms with E-state index in [1.54, 1.807) is 0 Å². The van der Waals surface area contributed by atoms with Gasteiger partial charge in [-0.25, -0.2) is 4.39 Å². The number of carbonyl (C=O) groups is 1. The van der Waals surface area contributed by atoms with Crippen LogP contribution in [-0.2, 0) is 0 Å². The highest BCUT2D eigenvalue weighted by Gasteiger charge is 2.20. The highest BCUT2D eigenvalue weighted by Crippen LogP contribution is 2.28. The molecule has 0 N–H and O–H groups in total. The van der Waals surface area contributed by atoms with Gasteiger partial charge in [-0.1, -0.05) is 0 Å². The van der Waals surface area contributed by atoms with Crippen LogP contribution in [0.15, 0.2) is 16.6 Å². The number of rotatable bonds is 3. The predicted octanol–water partition coefficient (Wildman–Crippen LogP) is 2.92. The van der Waals surface area contributed by atoms with E-state index in [1.807, 2.05) is 0 Å². The van der Waals surface area contributed by atoms with Crippen LogP contribution in [0.25, 0.3) is 0 Å². The average Bonchev–Trinajstić information content (AvgIpc) is 2.16. The molecule has 0 fully saturated rings.